The number of aromatic amines is 1. The molecule has 0 aliphatic carbocycles. The summed E-state index contributed by atoms with van der Waals surface area (Å²) in [6.45, 7) is 1.80. The number of hydrogen-bond donors (Lipinski definition) is 2. The normalized spacial score (nSPS) is 10.2. The van der Waals surface area contributed by atoms with Crippen LogP contribution in [0.5, 0.6) is 0 Å². The van der Waals surface area contributed by atoms with Crippen molar-refractivity contribution in [2.24, 2.45) is 0 Å². The first kappa shape index (κ1) is 9.32. The molecule has 0 aliphatic heterocycles. The van der Waals surface area contributed by atoms with Gasteiger partial charge in [0.25, 0.3) is 0 Å². The predicted molar refractivity (Wildman–Crippen MR) is 53.2 cm³/mol. The first-order valence-electron chi connectivity index (χ1n) is 4.31. The maximum absolute atomic E-state index is 11.9. The molecule has 0 spiro atoms. The van der Waals surface area contributed by atoms with Crippen molar-refractivity contribution in [3.05, 3.63) is 35.3 Å². The number of nitrogens with one attached hydrogen (secondary N) is 1. The Morgan fingerprint density at radius 2 is 2.33 bits per heavy atom. The van der Waals surface area contributed by atoms with Crippen molar-refractivity contribution in [1.82, 2.24) is 20.4 Å². The third-order valence-electron chi connectivity index (χ3n) is 2.06. The lowest BCUT2D eigenvalue weighted by Crippen LogP contribution is -2.09. The molecule has 2 rings (SSSR count). The standard InChI is InChI=1S/C9H9N5O/c1-5-2-3-11-9(10)7(5)8(15)6-4-12-14-13-6/h2-4H,1H3,(H2,10,11)(H,12,13,14). The fourth-order valence-corrected chi connectivity index (χ4v) is 1.31. The number of hydrogen-bond acceptors (Lipinski definition) is 5. The molecule has 0 amide bonds. The number of aryl methyl sites for hydroxylation is 1. The number of anilines is 1. The van der Waals surface area contributed by atoms with E-state index in [0.717, 1.165) is 5.56 Å². The van der Waals surface area contributed by atoms with Gasteiger partial charge in [0.05, 0.1) is 11.8 Å². The minimum Gasteiger partial charge on any atom is -0.383 e. The van der Waals surface area contributed by atoms with E-state index in [1.54, 1.807) is 19.2 Å². The van der Waals surface area contributed by atoms with Gasteiger partial charge in [-0.3, -0.25) is 4.79 Å². The average Bonchev–Trinajstić information content (AvgIpc) is 2.69. The van der Waals surface area contributed by atoms with Crippen molar-refractivity contribution in [1.29, 1.82) is 0 Å². The van der Waals surface area contributed by atoms with E-state index in [1.165, 1.54) is 6.20 Å². The van der Waals surface area contributed by atoms with E-state index in [9.17, 15) is 4.79 Å². The molecule has 76 valence electrons. The van der Waals surface area contributed by atoms with Gasteiger partial charge >= 0.3 is 0 Å². The van der Waals surface area contributed by atoms with E-state index in [-0.39, 0.29) is 17.3 Å². The number of carbonyl (C=O) groups excluding carboxylic acids is 1. The summed E-state index contributed by atoms with van der Waals surface area (Å²) in [5.41, 5.74) is 7.03. The van der Waals surface area contributed by atoms with Crippen molar-refractivity contribution >= 4 is 11.6 Å². The number of nitrogen functional groups attached to an aromatic ring is 1. The first-order chi connectivity index (χ1) is 7.20. The minimum absolute atomic E-state index is 0.211. The van der Waals surface area contributed by atoms with Gasteiger partial charge in [-0.15, -0.1) is 0 Å². The van der Waals surface area contributed by atoms with Crippen molar-refractivity contribution in [2.45, 2.75) is 6.92 Å². The number of pyridine rings is 1. The molecule has 2 aromatic rings. The Morgan fingerprint density at radius 1 is 1.53 bits per heavy atom. The van der Waals surface area contributed by atoms with Crippen molar-refractivity contribution in [3.63, 3.8) is 0 Å². The highest BCUT2D eigenvalue weighted by atomic mass is 16.1. The Hall–Kier alpha value is -2.24. The molecule has 0 aliphatic rings. The molecule has 0 bridgehead atoms. The van der Waals surface area contributed by atoms with Gasteiger partial charge in [-0.1, -0.05) is 0 Å². The van der Waals surface area contributed by atoms with Crippen LogP contribution in [-0.2, 0) is 0 Å². The van der Waals surface area contributed by atoms with Gasteiger partial charge < -0.3 is 5.73 Å². The molecule has 6 heteroatoms. The van der Waals surface area contributed by atoms with Crippen LogP contribution in [0, 0.1) is 6.92 Å². The van der Waals surface area contributed by atoms with Gasteiger partial charge in [-0.2, -0.15) is 15.4 Å². The van der Waals surface area contributed by atoms with E-state index in [0.29, 0.717) is 5.56 Å². The number of ketones is 1. The van der Waals surface area contributed by atoms with Gasteiger partial charge in [0.1, 0.15) is 5.82 Å². The number of nitrogens with two attached hydrogens (primary N) is 1. The zero-order valence-corrected chi connectivity index (χ0v) is 8.06. The molecule has 15 heavy (non-hydrogen) atoms. The lowest BCUT2D eigenvalue weighted by atomic mass is 10.0. The topological polar surface area (TPSA) is 97.5 Å². The van der Waals surface area contributed by atoms with Crippen molar-refractivity contribution < 1.29 is 4.79 Å². The van der Waals surface area contributed by atoms with Gasteiger partial charge in [0.2, 0.25) is 5.78 Å². The van der Waals surface area contributed by atoms with Crippen LogP contribution in [0.1, 0.15) is 21.6 Å². The zero-order chi connectivity index (χ0) is 10.8. The maximum Gasteiger partial charge on any atom is 0.218 e. The molecule has 0 saturated carbocycles. The third-order valence-corrected chi connectivity index (χ3v) is 2.06. The lowest BCUT2D eigenvalue weighted by Gasteiger charge is -2.04. The fraction of sp³-hybridized carbons (Fsp3) is 0.111. The molecule has 0 aromatic carbocycles. The molecular weight excluding hydrogens is 194 g/mol. The maximum atomic E-state index is 11.9. The zero-order valence-electron chi connectivity index (χ0n) is 8.06. The minimum atomic E-state index is -0.271. The summed E-state index contributed by atoms with van der Waals surface area (Å²) in [5, 5.41) is 9.65. The average molecular weight is 203 g/mol. The summed E-state index contributed by atoms with van der Waals surface area (Å²) >= 11 is 0. The van der Waals surface area contributed by atoms with Crippen LogP contribution in [0.25, 0.3) is 0 Å². The summed E-state index contributed by atoms with van der Waals surface area (Å²) in [6.07, 6.45) is 2.92. The van der Waals surface area contributed by atoms with Crippen LogP contribution in [0.2, 0.25) is 0 Å². The SMILES string of the molecule is Cc1ccnc(N)c1C(=O)c1cn[nH]n1. The molecule has 2 aromatic heterocycles. The number of aromatic nitrogens is 4. The molecule has 0 fully saturated rings. The fourth-order valence-electron chi connectivity index (χ4n) is 1.31. The second-order valence-corrected chi connectivity index (χ2v) is 3.07. The van der Waals surface area contributed by atoms with Crippen LogP contribution >= 0.6 is 0 Å². The summed E-state index contributed by atoms with van der Waals surface area (Å²) in [4.78, 5) is 15.8. The van der Waals surface area contributed by atoms with E-state index in [1.807, 2.05) is 0 Å². The molecule has 0 atom stereocenters. The first-order valence-corrected chi connectivity index (χ1v) is 4.31. The summed E-state index contributed by atoms with van der Waals surface area (Å²) in [7, 11) is 0. The van der Waals surface area contributed by atoms with Gasteiger partial charge in [-0.25, -0.2) is 4.98 Å². The quantitative estimate of drug-likeness (QED) is 0.685. The highest BCUT2D eigenvalue weighted by Crippen LogP contribution is 2.16. The Morgan fingerprint density at radius 3 is 2.93 bits per heavy atom. The Balaban J connectivity index is 2.51. The Kier molecular flexibility index (Phi) is 2.17. The van der Waals surface area contributed by atoms with E-state index in [4.69, 9.17) is 5.73 Å². The van der Waals surface area contributed by atoms with Gasteiger partial charge in [-0.05, 0) is 18.6 Å². The Bertz CT molecular complexity index is 471. The second kappa shape index (κ2) is 3.49. The smallest absolute Gasteiger partial charge is 0.218 e. The van der Waals surface area contributed by atoms with E-state index < -0.39 is 0 Å². The van der Waals surface area contributed by atoms with E-state index in [2.05, 4.69) is 20.4 Å². The monoisotopic (exact) mass is 203 g/mol. The molecule has 0 saturated heterocycles. The number of rotatable bonds is 2. The summed E-state index contributed by atoms with van der Waals surface area (Å²) < 4.78 is 0. The second-order valence-electron chi connectivity index (χ2n) is 3.07. The molecule has 2 heterocycles. The van der Waals surface area contributed by atoms with Crippen LogP contribution in [-0.4, -0.2) is 26.2 Å². The largest absolute Gasteiger partial charge is 0.383 e. The third kappa shape index (κ3) is 1.56. The lowest BCUT2D eigenvalue weighted by molar-refractivity contribution is 0.103. The van der Waals surface area contributed by atoms with Crippen LogP contribution in [0.3, 0.4) is 0 Å². The predicted octanol–water partition coefficient (Wildman–Crippen LogP) is 0.321. The Labute approximate surface area is 85.5 Å². The number of carbonyl (C=O) groups is 1. The molecular formula is C9H9N5O. The summed E-state index contributed by atoms with van der Waals surface area (Å²) in [5.74, 6) is -0.0603. The van der Waals surface area contributed by atoms with E-state index >= 15 is 0 Å². The number of H-pyrrole nitrogens is 1. The molecule has 6 nitrogen and oxygen atoms in total. The van der Waals surface area contributed by atoms with Crippen molar-refractivity contribution in [2.75, 3.05) is 5.73 Å². The molecule has 3 N–H and O–H groups in total. The molecule has 0 radical (unpaired) electrons. The van der Waals surface area contributed by atoms with Crippen molar-refractivity contribution in [3.8, 4) is 0 Å². The summed E-state index contributed by atoms with van der Waals surface area (Å²) in [6, 6.07) is 1.73. The highest BCUT2D eigenvalue weighted by molar-refractivity contribution is 6.11. The highest BCUT2D eigenvalue weighted by Gasteiger charge is 2.17. The van der Waals surface area contributed by atoms with Crippen LogP contribution < -0.4 is 5.73 Å². The van der Waals surface area contributed by atoms with Crippen LogP contribution in [0.15, 0.2) is 18.5 Å². The van der Waals surface area contributed by atoms with Crippen LogP contribution in [0.4, 0.5) is 5.82 Å². The number of nitrogens with zero attached hydrogens (tertiary/aromatic N) is 3. The van der Waals surface area contributed by atoms with Gasteiger partial charge in [0, 0.05) is 6.20 Å². The van der Waals surface area contributed by atoms with Gasteiger partial charge in [0.15, 0.2) is 5.69 Å². The molecule has 0 unspecified atom stereocenters.